The first-order valence-corrected chi connectivity index (χ1v) is 11.2. The molecule has 30 heavy (non-hydrogen) atoms. The summed E-state index contributed by atoms with van der Waals surface area (Å²) in [5.74, 6) is -0.531. The number of phenolic OH excluding ortho intramolecular Hbond substituents is 1. The number of ether oxygens (including phenoxy) is 1. The summed E-state index contributed by atoms with van der Waals surface area (Å²) in [6, 6.07) is 6.11. The molecule has 2 rings (SSSR count). The van der Waals surface area contributed by atoms with Crippen LogP contribution in [0.5, 0.6) is 5.75 Å². The molecule has 2 aromatic rings. The van der Waals surface area contributed by atoms with Crippen molar-refractivity contribution in [2.24, 2.45) is 0 Å². The normalized spacial score (nSPS) is 10.4. The summed E-state index contributed by atoms with van der Waals surface area (Å²) in [5.41, 5.74) is 3.24. The quantitative estimate of drug-likeness (QED) is 0.179. The Labute approximate surface area is 206 Å². The first kappa shape index (κ1) is 27.4. The van der Waals surface area contributed by atoms with Crippen molar-refractivity contribution in [2.45, 2.75) is 26.7 Å². The van der Waals surface area contributed by atoms with E-state index in [2.05, 4.69) is 13.8 Å². The fourth-order valence-corrected chi connectivity index (χ4v) is 3.89. The van der Waals surface area contributed by atoms with Crippen molar-refractivity contribution in [3.63, 3.8) is 0 Å². The molecule has 0 spiro atoms. The maximum atomic E-state index is 12.0. The number of methoxy groups -OCH3 is 1. The number of aromatic hydroxyl groups is 1. The van der Waals surface area contributed by atoms with Crippen molar-refractivity contribution < 1.29 is 14.6 Å². The van der Waals surface area contributed by atoms with Gasteiger partial charge in [-0.05, 0) is 24.0 Å². The molecule has 0 heterocycles. The SMILES string of the molecule is CCc1cccc(CC)c1N(COC)C(=O)CCl.Oc1c(Cl)c(Cl)c(Cl)c(Cl)c1Cl. The summed E-state index contributed by atoms with van der Waals surface area (Å²) in [7, 11) is 1.58. The molecule has 166 valence electrons. The number of alkyl halides is 1. The summed E-state index contributed by atoms with van der Waals surface area (Å²) < 4.78 is 5.13. The molecule has 1 amide bonds. The smallest absolute Gasteiger partial charge is 0.243 e. The zero-order chi connectivity index (χ0) is 23.0. The number of hydrogen-bond donors (Lipinski definition) is 1. The number of para-hydroxylation sites is 1. The number of aryl methyl sites for hydroxylation is 2. The largest absolute Gasteiger partial charge is 0.505 e. The monoisotopic (exact) mass is 533 g/mol. The average Bonchev–Trinajstić information content (AvgIpc) is 2.78. The lowest BCUT2D eigenvalue weighted by molar-refractivity contribution is -0.117. The molecule has 0 radical (unpaired) electrons. The number of nitrogens with zero attached hydrogens (tertiary/aromatic N) is 1. The van der Waals surface area contributed by atoms with Gasteiger partial charge in [-0.1, -0.05) is 90.1 Å². The van der Waals surface area contributed by atoms with Crippen LogP contribution in [0.2, 0.25) is 25.1 Å². The van der Waals surface area contributed by atoms with Crippen LogP contribution in [0.3, 0.4) is 0 Å². The third-order valence-corrected chi connectivity index (χ3v) is 6.58. The van der Waals surface area contributed by atoms with E-state index in [1.54, 1.807) is 12.0 Å². The van der Waals surface area contributed by atoms with E-state index >= 15 is 0 Å². The molecule has 0 saturated carbocycles. The highest BCUT2D eigenvalue weighted by molar-refractivity contribution is 6.55. The topological polar surface area (TPSA) is 49.8 Å². The van der Waals surface area contributed by atoms with Crippen LogP contribution >= 0.6 is 69.6 Å². The van der Waals surface area contributed by atoms with E-state index in [0.29, 0.717) is 0 Å². The minimum Gasteiger partial charge on any atom is -0.505 e. The van der Waals surface area contributed by atoms with Crippen molar-refractivity contribution in [1.82, 2.24) is 0 Å². The van der Waals surface area contributed by atoms with Crippen LogP contribution in [0.1, 0.15) is 25.0 Å². The van der Waals surface area contributed by atoms with E-state index < -0.39 is 0 Å². The molecule has 0 aliphatic carbocycles. The Morgan fingerprint density at radius 1 is 0.933 bits per heavy atom. The van der Waals surface area contributed by atoms with Crippen molar-refractivity contribution in [1.29, 1.82) is 0 Å². The Balaban J connectivity index is 0.000000325. The molecule has 0 saturated heterocycles. The molecule has 0 aliphatic rings. The van der Waals surface area contributed by atoms with Crippen molar-refractivity contribution in [3.8, 4) is 5.75 Å². The molecule has 4 nitrogen and oxygen atoms in total. The summed E-state index contributed by atoms with van der Waals surface area (Å²) in [5, 5.41) is 9.01. The maximum Gasteiger partial charge on any atom is 0.243 e. The lowest BCUT2D eigenvalue weighted by Gasteiger charge is -2.26. The zero-order valence-corrected chi connectivity index (χ0v) is 21.1. The number of amides is 1. The predicted octanol–water partition coefficient (Wildman–Crippen LogP) is 7.65. The Hall–Kier alpha value is -0.590. The highest BCUT2D eigenvalue weighted by Crippen LogP contribution is 2.47. The summed E-state index contributed by atoms with van der Waals surface area (Å²) in [6.45, 7) is 4.39. The first-order chi connectivity index (χ1) is 14.2. The molecule has 0 atom stereocenters. The van der Waals surface area contributed by atoms with E-state index in [-0.39, 0.29) is 49.4 Å². The fourth-order valence-electron chi connectivity index (χ4n) is 2.62. The van der Waals surface area contributed by atoms with Crippen molar-refractivity contribution in [3.05, 3.63) is 54.4 Å². The second kappa shape index (κ2) is 13.1. The molecule has 0 unspecified atom stereocenters. The van der Waals surface area contributed by atoms with Crippen LogP contribution in [0.4, 0.5) is 5.69 Å². The van der Waals surface area contributed by atoms with Gasteiger partial charge in [0.1, 0.15) is 22.7 Å². The van der Waals surface area contributed by atoms with E-state index in [4.69, 9.17) is 74.3 Å². The van der Waals surface area contributed by atoms with Crippen molar-refractivity contribution in [2.75, 3.05) is 24.6 Å². The zero-order valence-electron chi connectivity index (χ0n) is 16.5. The Morgan fingerprint density at radius 3 is 1.73 bits per heavy atom. The van der Waals surface area contributed by atoms with Crippen LogP contribution in [0, 0.1) is 0 Å². The standard InChI is InChI=1S/C14H20ClNO2.C6HCl5O/c1-4-11-7-6-8-12(5-2)14(11)16(10-18-3)13(17)9-15;7-1-2(8)4(10)6(12)5(11)3(1)9/h6-8H,4-5,9-10H2,1-3H3;12H. The summed E-state index contributed by atoms with van der Waals surface area (Å²) >= 11 is 33.6. The fraction of sp³-hybridized carbons (Fsp3) is 0.350. The number of halogens is 6. The van der Waals surface area contributed by atoms with Gasteiger partial charge in [0, 0.05) is 7.11 Å². The van der Waals surface area contributed by atoms with Crippen LogP contribution in [0.25, 0.3) is 0 Å². The van der Waals surface area contributed by atoms with Crippen LogP contribution in [-0.2, 0) is 22.4 Å². The van der Waals surface area contributed by atoms with Gasteiger partial charge in [-0.25, -0.2) is 0 Å². The third kappa shape index (κ3) is 6.46. The van der Waals surface area contributed by atoms with Gasteiger partial charge < -0.3 is 9.84 Å². The average molecular weight is 536 g/mol. The van der Waals surface area contributed by atoms with Gasteiger partial charge in [0.2, 0.25) is 5.91 Å². The number of rotatable bonds is 6. The maximum absolute atomic E-state index is 12.0. The van der Waals surface area contributed by atoms with E-state index in [0.717, 1.165) is 29.7 Å². The van der Waals surface area contributed by atoms with E-state index in [1.165, 1.54) is 0 Å². The van der Waals surface area contributed by atoms with Crippen LogP contribution in [0.15, 0.2) is 18.2 Å². The molecule has 2 aromatic carbocycles. The van der Waals surface area contributed by atoms with Gasteiger partial charge in [-0.3, -0.25) is 9.69 Å². The molecular formula is C20H21Cl6NO3. The van der Waals surface area contributed by atoms with Crippen LogP contribution < -0.4 is 4.90 Å². The highest BCUT2D eigenvalue weighted by atomic mass is 35.5. The highest BCUT2D eigenvalue weighted by Gasteiger charge is 2.20. The molecular weight excluding hydrogens is 515 g/mol. The van der Waals surface area contributed by atoms with Gasteiger partial charge in [-0.2, -0.15) is 0 Å². The van der Waals surface area contributed by atoms with E-state index in [1.807, 2.05) is 18.2 Å². The van der Waals surface area contributed by atoms with Gasteiger partial charge in [0.25, 0.3) is 0 Å². The Kier molecular flexibility index (Phi) is 12.0. The molecule has 1 N–H and O–H groups in total. The first-order valence-electron chi connectivity index (χ1n) is 8.82. The number of benzene rings is 2. The van der Waals surface area contributed by atoms with Crippen LogP contribution in [-0.4, -0.2) is 30.7 Å². The van der Waals surface area contributed by atoms with E-state index in [9.17, 15) is 9.90 Å². The molecule has 0 fully saturated rings. The molecule has 10 heteroatoms. The number of carbonyl (C=O) groups excluding carboxylic acids is 1. The van der Waals surface area contributed by atoms with Crippen molar-refractivity contribution >= 4 is 81.2 Å². The second-order valence-electron chi connectivity index (χ2n) is 5.92. The van der Waals surface area contributed by atoms with Gasteiger partial charge in [-0.15, -0.1) is 11.6 Å². The van der Waals surface area contributed by atoms with Gasteiger partial charge >= 0.3 is 0 Å². The third-order valence-electron chi connectivity index (χ3n) is 4.10. The summed E-state index contributed by atoms with van der Waals surface area (Å²) in [4.78, 5) is 13.6. The predicted molar refractivity (Wildman–Crippen MR) is 128 cm³/mol. The number of carbonyl (C=O) groups is 1. The molecule has 0 aromatic heterocycles. The lowest BCUT2D eigenvalue weighted by Crippen LogP contribution is -2.35. The Morgan fingerprint density at radius 2 is 1.37 bits per heavy atom. The minimum atomic E-state index is -0.363. The second-order valence-corrected chi connectivity index (χ2v) is 8.08. The summed E-state index contributed by atoms with van der Waals surface area (Å²) in [6.07, 6.45) is 1.75. The van der Waals surface area contributed by atoms with Gasteiger partial charge in [0.05, 0.1) is 20.8 Å². The number of anilines is 1. The molecule has 0 aliphatic heterocycles. The number of hydrogen-bond acceptors (Lipinski definition) is 3. The lowest BCUT2D eigenvalue weighted by atomic mass is 10.0. The molecule has 0 bridgehead atoms. The minimum absolute atomic E-state index is 0.00904. The Bertz CT molecular complexity index is 764. The van der Waals surface area contributed by atoms with Gasteiger partial charge in [0.15, 0.2) is 5.75 Å². The number of phenols is 1.